The van der Waals surface area contributed by atoms with E-state index in [9.17, 15) is 18.5 Å². The molecule has 1 aromatic carbocycles. The Morgan fingerprint density at radius 1 is 1.38 bits per heavy atom. The number of nitrogens with zero attached hydrogens (tertiary/aromatic N) is 2. The number of halogens is 1. The minimum absolute atomic E-state index is 0.00595. The van der Waals surface area contributed by atoms with Crippen LogP contribution in [0.15, 0.2) is 23.1 Å². The number of nitro groups is 1. The highest BCUT2D eigenvalue weighted by atomic mass is 35.5. The molecular weight excluding hydrogens is 316 g/mol. The van der Waals surface area contributed by atoms with E-state index in [-0.39, 0.29) is 21.6 Å². The summed E-state index contributed by atoms with van der Waals surface area (Å²) in [4.78, 5) is 10.0. The zero-order valence-electron chi connectivity index (χ0n) is 11.8. The number of non-ortho nitro benzene ring substituents is 1. The standard InChI is InChI=1S/C13H17ClN2O4S/c1-9-5-6-15(10(2)7-9)21(19,20)13-8-11(16(17)18)3-4-12(13)14/h3-4,8-10H,5-7H2,1-2H3. The Kier molecular flexibility index (Phi) is 4.55. The third kappa shape index (κ3) is 3.20. The summed E-state index contributed by atoms with van der Waals surface area (Å²) in [6.07, 6.45) is 1.54. The van der Waals surface area contributed by atoms with Gasteiger partial charge in [-0.3, -0.25) is 10.1 Å². The molecule has 1 aliphatic heterocycles. The highest BCUT2D eigenvalue weighted by molar-refractivity contribution is 7.89. The SMILES string of the molecule is CC1CCN(S(=O)(=O)c2cc([N+](=O)[O-])ccc2Cl)C(C)C1. The van der Waals surface area contributed by atoms with Crippen LogP contribution in [-0.4, -0.2) is 30.2 Å². The second kappa shape index (κ2) is 5.90. The Labute approximate surface area is 128 Å². The molecular formula is C13H17ClN2O4S. The molecule has 21 heavy (non-hydrogen) atoms. The molecule has 0 amide bonds. The summed E-state index contributed by atoms with van der Waals surface area (Å²) in [6, 6.07) is 3.34. The quantitative estimate of drug-likeness (QED) is 0.629. The van der Waals surface area contributed by atoms with Crippen LogP contribution in [0.1, 0.15) is 26.7 Å². The first-order chi connectivity index (χ1) is 9.73. The van der Waals surface area contributed by atoms with Crippen molar-refractivity contribution in [2.24, 2.45) is 5.92 Å². The lowest BCUT2D eigenvalue weighted by Crippen LogP contribution is -2.44. The van der Waals surface area contributed by atoms with Gasteiger partial charge in [0.05, 0.1) is 9.95 Å². The predicted octanol–water partition coefficient (Wildman–Crippen LogP) is 3.06. The molecule has 0 bridgehead atoms. The molecule has 2 unspecified atom stereocenters. The zero-order chi connectivity index (χ0) is 15.8. The number of nitro benzene ring substituents is 1. The van der Waals surface area contributed by atoms with Crippen molar-refractivity contribution >= 4 is 27.3 Å². The number of sulfonamides is 1. The largest absolute Gasteiger partial charge is 0.270 e. The van der Waals surface area contributed by atoms with E-state index in [4.69, 9.17) is 11.6 Å². The third-order valence-corrected chi connectivity index (χ3v) is 6.28. The molecule has 0 aliphatic carbocycles. The van der Waals surface area contributed by atoms with E-state index >= 15 is 0 Å². The number of rotatable bonds is 3. The van der Waals surface area contributed by atoms with E-state index in [1.807, 2.05) is 6.92 Å². The highest BCUT2D eigenvalue weighted by Crippen LogP contribution is 2.33. The first kappa shape index (κ1) is 16.2. The Hall–Kier alpha value is -1.18. The topological polar surface area (TPSA) is 80.5 Å². The fraction of sp³-hybridized carbons (Fsp3) is 0.538. The van der Waals surface area contributed by atoms with Crippen molar-refractivity contribution in [3.8, 4) is 0 Å². The van der Waals surface area contributed by atoms with Crippen molar-refractivity contribution in [1.29, 1.82) is 0 Å². The van der Waals surface area contributed by atoms with Crippen molar-refractivity contribution in [1.82, 2.24) is 4.31 Å². The van der Waals surface area contributed by atoms with Crippen molar-refractivity contribution in [3.05, 3.63) is 33.3 Å². The van der Waals surface area contributed by atoms with Crippen LogP contribution in [0.4, 0.5) is 5.69 Å². The third-order valence-electron chi connectivity index (χ3n) is 3.79. The maximum absolute atomic E-state index is 12.7. The van der Waals surface area contributed by atoms with Gasteiger partial charge in [0.1, 0.15) is 4.90 Å². The van der Waals surface area contributed by atoms with E-state index in [1.54, 1.807) is 0 Å². The van der Waals surface area contributed by atoms with Gasteiger partial charge in [0, 0.05) is 24.7 Å². The molecule has 0 spiro atoms. The summed E-state index contributed by atoms with van der Waals surface area (Å²) in [5.41, 5.74) is -0.281. The van der Waals surface area contributed by atoms with Crippen molar-refractivity contribution < 1.29 is 13.3 Å². The fourth-order valence-electron chi connectivity index (χ4n) is 2.67. The van der Waals surface area contributed by atoms with Crippen LogP contribution >= 0.6 is 11.6 Å². The van der Waals surface area contributed by atoms with Crippen molar-refractivity contribution in [3.63, 3.8) is 0 Å². The van der Waals surface area contributed by atoms with Gasteiger partial charge in [-0.2, -0.15) is 4.31 Å². The average molecular weight is 333 g/mol. The van der Waals surface area contributed by atoms with Gasteiger partial charge in [0.15, 0.2) is 0 Å². The molecule has 1 saturated heterocycles. The molecule has 6 nitrogen and oxygen atoms in total. The molecule has 116 valence electrons. The smallest absolute Gasteiger partial charge is 0.258 e. The van der Waals surface area contributed by atoms with E-state index in [0.717, 1.165) is 18.9 Å². The van der Waals surface area contributed by atoms with Gasteiger partial charge in [-0.1, -0.05) is 18.5 Å². The van der Waals surface area contributed by atoms with Gasteiger partial charge in [-0.25, -0.2) is 8.42 Å². The van der Waals surface area contributed by atoms with Crippen LogP contribution < -0.4 is 0 Å². The van der Waals surface area contributed by atoms with Crippen LogP contribution in [0.3, 0.4) is 0 Å². The Balaban J connectivity index is 2.44. The molecule has 0 aromatic heterocycles. The van der Waals surface area contributed by atoms with E-state index in [1.165, 1.54) is 16.4 Å². The van der Waals surface area contributed by atoms with Gasteiger partial charge < -0.3 is 0 Å². The fourth-order valence-corrected chi connectivity index (χ4v) is 4.82. The molecule has 0 N–H and O–H groups in total. The van der Waals surface area contributed by atoms with Gasteiger partial charge in [0.25, 0.3) is 5.69 Å². The molecule has 8 heteroatoms. The maximum atomic E-state index is 12.7. The van der Waals surface area contributed by atoms with Crippen LogP contribution in [0.5, 0.6) is 0 Å². The van der Waals surface area contributed by atoms with Crippen LogP contribution in [0.2, 0.25) is 5.02 Å². The summed E-state index contributed by atoms with van der Waals surface area (Å²) in [5, 5.41) is 10.8. The molecule has 1 fully saturated rings. The average Bonchev–Trinajstić information content (AvgIpc) is 2.38. The van der Waals surface area contributed by atoms with Gasteiger partial charge in [-0.05, 0) is 31.7 Å². The minimum Gasteiger partial charge on any atom is -0.258 e. The predicted molar refractivity (Wildman–Crippen MR) is 79.9 cm³/mol. The first-order valence-corrected chi connectivity index (χ1v) is 8.51. The lowest BCUT2D eigenvalue weighted by atomic mass is 9.95. The minimum atomic E-state index is -3.82. The number of piperidine rings is 1. The lowest BCUT2D eigenvalue weighted by molar-refractivity contribution is -0.385. The molecule has 1 aromatic rings. The van der Waals surface area contributed by atoms with E-state index < -0.39 is 14.9 Å². The van der Waals surface area contributed by atoms with E-state index in [2.05, 4.69) is 6.92 Å². The number of hydrogen-bond acceptors (Lipinski definition) is 4. The first-order valence-electron chi connectivity index (χ1n) is 6.69. The summed E-state index contributed by atoms with van der Waals surface area (Å²) >= 11 is 5.95. The summed E-state index contributed by atoms with van der Waals surface area (Å²) in [6.45, 7) is 4.34. The second-order valence-electron chi connectivity index (χ2n) is 5.47. The molecule has 2 rings (SSSR count). The summed E-state index contributed by atoms with van der Waals surface area (Å²) in [7, 11) is -3.82. The number of benzene rings is 1. The Morgan fingerprint density at radius 2 is 2.05 bits per heavy atom. The van der Waals surface area contributed by atoms with Crippen LogP contribution in [-0.2, 0) is 10.0 Å². The summed E-state index contributed by atoms with van der Waals surface area (Å²) in [5.74, 6) is 0.465. The highest BCUT2D eigenvalue weighted by Gasteiger charge is 2.35. The van der Waals surface area contributed by atoms with Crippen molar-refractivity contribution in [2.45, 2.75) is 37.6 Å². The maximum Gasteiger partial charge on any atom is 0.270 e. The van der Waals surface area contributed by atoms with Gasteiger partial charge in [0.2, 0.25) is 10.0 Å². The number of hydrogen-bond donors (Lipinski definition) is 0. The van der Waals surface area contributed by atoms with Gasteiger partial charge >= 0.3 is 0 Å². The molecule has 2 atom stereocenters. The lowest BCUT2D eigenvalue weighted by Gasteiger charge is -2.35. The normalized spacial score (nSPS) is 24.0. The van der Waals surface area contributed by atoms with Gasteiger partial charge in [-0.15, -0.1) is 0 Å². The summed E-state index contributed by atoms with van der Waals surface area (Å²) < 4.78 is 26.8. The van der Waals surface area contributed by atoms with Crippen LogP contribution in [0, 0.1) is 16.0 Å². The molecule has 0 radical (unpaired) electrons. The second-order valence-corrected chi connectivity index (χ2v) is 7.73. The van der Waals surface area contributed by atoms with E-state index in [0.29, 0.717) is 12.5 Å². The van der Waals surface area contributed by atoms with Crippen LogP contribution in [0.25, 0.3) is 0 Å². The zero-order valence-corrected chi connectivity index (χ0v) is 13.4. The Morgan fingerprint density at radius 3 is 2.62 bits per heavy atom. The molecule has 1 heterocycles. The molecule has 1 aliphatic rings. The Bertz CT molecular complexity index is 662. The monoisotopic (exact) mass is 332 g/mol. The van der Waals surface area contributed by atoms with Crippen molar-refractivity contribution in [2.75, 3.05) is 6.54 Å². The molecule has 0 saturated carbocycles.